The molecule has 0 aliphatic heterocycles. The largest absolute Gasteiger partial charge is 0.494 e. The van der Waals surface area contributed by atoms with Crippen molar-refractivity contribution in [1.82, 2.24) is 9.78 Å². The molecule has 0 aliphatic carbocycles. The van der Waals surface area contributed by atoms with Gasteiger partial charge in [0.25, 0.3) is 0 Å². The normalized spacial score (nSPS) is 11.1. The summed E-state index contributed by atoms with van der Waals surface area (Å²) in [7, 11) is 1.80. The van der Waals surface area contributed by atoms with Crippen LogP contribution in [0.1, 0.15) is 34.5 Å². The van der Waals surface area contributed by atoms with Crippen LogP contribution in [0, 0.1) is 6.92 Å². The van der Waals surface area contributed by atoms with Crippen molar-refractivity contribution in [2.45, 2.75) is 20.5 Å². The summed E-state index contributed by atoms with van der Waals surface area (Å²) >= 11 is 0. The fraction of sp³-hybridized carbons (Fsp3) is 0.238. The molecule has 0 saturated heterocycles. The molecule has 0 spiro atoms. The molecule has 0 atom stereocenters. The van der Waals surface area contributed by atoms with Crippen LogP contribution in [-0.2, 0) is 13.7 Å². The Kier molecular flexibility index (Phi) is 5.76. The number of rotatable bonds is 8. The highest BCUT2D eigenvalue weighted by Crippen LogP contribution is 2.19. The molecule has 27 heavy (non-hydrogen) atoms. The second-order valence-electron chi connectivity index (χ2n) is 5.96. The van der Waals surface area contributed by atoms with Crippen LogP contribution in [0.25, 0.3) is 6.08 Å². The predicted octanol–water partition coefficient (Wildman–Crippen LogP) is 4.20. The summed E-state index contributed by atoms with van der Waals surface area (Å²) in [5, 5.41) is 4.08. The van der Waals surface area contributed by atoms with Gasteiger partial charge in [-0.05, 0) is 62.4 Å². The predicted molar refractivity (Wildman–Crippen MR) is 102 cm³/mol. The van der Waals surface area contributed by atoms with Crippen LogP contribution >= 0.6 is 0 Å². The van der Waals surface area contributed by atoms with Crippen molar-refractivity contribution >= 4 is 11.9 Å². The van der Waals surface area contributed by atoms with Crippen LogP contribution in [0.5, 0.6) is 11.5 Å². The fourth-order valence-corrected chi connectivity index (χ4v) is 2.50. The Morgan fingerprint density at radius 1 is 1.15 bits per heavy atom. The van der Waals surface area contributed by atoms with E-state index in [1.165, 1.54) is 6.08 Å². The Bertz CT molecular complexity index is 936. The summed E-state index contributed by atoms with van der Waals surface area (Å²) in [6.07, 6.45) is 4.70. The number of hydrogen-bond donors (Lipinski definition) is 0. The number of allylic oxidation sites excluding steroid dienone is 1. The summed E-state index contributed by atoms with van der Waals surface area (Å²) in [5.74, 6) is 2.70. The lowest BCUT2D eigenvalue weighted by Crippen LogP contribution is -1.98. The molecule has 2 heterocycles. The van der Waals surface area contributed by atoms with Crippen molar-refractivity contribution in [2.24, 2.45) is 7.05 Å². The minimum Gasteiger partial charge on any atom is -0.494 e. The number of hydrogen-bond acceptors (Lipinski definition) is 5. The maximum absolute atomic E-state index is 12.2. The van der Waals surface area contributed by atoms with E-state index < -0.39 is 0 Å². The quantitative estimate of drug-likeness (QED) is 0.442. The van der Waals surface area contributed by atoms with Gasteiger partial charge in [0.05, 0.1) is 18.4 Å². The summed E-state index contributed by atoms with van der Waals surface area (Å²) in [6.45, 7) is 4.74. The molecule has 6 nitrogen and oxygen atoms in total. The van der Waals surface area contributed by atoms with Gasteiger partial charge in [-0.3, -0.25) is 9.48 Å². The van der Waals surface area contributed by atoms with Crippen molar-refractivity contribution < 1.29 is 18.7 Å². The highest BCUT2D eigenvalue weighted by Gasteiger charge is 2.10. The highest BCUT2D eigenvalue weighted by atomic mass is 16.5. The zero-order valence-electron chi connectivity index (χ0n) is 15.6. The Labute approximate surface area is 158 Å². The second-order valence-corrected chi connectivity index (χ2v) is 5.96. The van der Waals surface area contributed by atoms with Crippen molar-refractivity contribution in [2.75, 3.05) is 6.61 Å². The zero-order valence-corrected chi connectivity index (χ0v) is 15.6. The third-order valence-corrected chi connectivity index (χ3v) is 4.10. The van der Waals surface area contributed by atoms with E-state index in [4.69, 9.17) is 13.9 Å². The van der Waals surface area contributed by atoms with Gasteiger partial charge in [0, 0.05) is 12.7 Å². The van der Waals surface area contributed by atoms with E-state index in [1.54, 1.807) is 30.1 Å². The number of furan rings is 1. The number of aromatic nitrogens is 2. The Hall–Kier alpha value is -3.28. The molecule has 6 heteroatoms. The summed E-state index contributed by atoms with van der Waals surface area (Å²) in [5.41, 5.74) is 1.41. The first kappa shape index (κ1) is 18.5. The average molecular weight is 366 g/mol. The third-order valence-electron chi connectivity index (χ3n) is 4.10. The van der Waals surface area contributed by atoms with E-state index in [-0.39, 0.29) is 5.78 Å². The molecule has 3 rings (SSSR count). The topological polar surface area (TPSA) is 66.5 Å². The van der Waals surface area contributed by atoms with E-state index in [1.807, 2.05) is 44.2 Å². The lowest BCUT2D eigenvalue weighted by atomic mass is 10.1. The molecule has 0 amide bonds. The van der Waals surface area contributed by atoms with E-state index in [0.29, 0.717) is 30.3 Å². The molecule has 1 aromatic carbocycles. The van der Waals surface area contributed by atoms with Crippen LogP contribution in [0.15, 0.2) is 53.1 Å². The zero-order chi connectivity index (χ0) is 19.2. The van der Waals surface area contributed by atoms with Crippen molar-refractivity contribution in [3.63, 3.8) is 0 Å². The molecule has 3 aromatic rings. The van der Waals surface area contributed by atoms with E-state index in [9.17, 15) is 4.79 Å². The average Bonchev–Trinajstić information content (AvgIpc) is 3.26. The Morgan fingerprint density at radius 3 is 2.48 bits per heavy atom. The number of nitrogens with zero attached hydrogens (tertiary/aromatic N) is 2. The van der Waals surface area contributed by atoms with Gasteiger partial charge in [0.1, 0.15) is 29.6 Å². The maximum atomic E-state index is 12.2. The minimum atomic E-state index is -0.107. The molecular weight excluding hydrogens is 344 g/mol. The molecule has 0 radical (unpaired) electrons. The van der Waals surface area contributed by atoms with Crippen molar-refractivity contribution in [3.05, 3.63) is 71.4 Å². The van der Waals surface area contributed by atoms with E-state index in [2.05, 4.69) is 5.10 Å². The van der Waals surface area contributed by atoms with Crippen LogP contribution < -0.4 is 9.47 Å². The van der Waals surface area contributed by atoms with Crippen LogP contribution in [0.3, 0.4) is 0 Å². The number of benzene rings is 1. The maximum Gasteiger partial charge on any atom is 0.189 e. The van der Waals surface area contributed by atoms with Gasteiger partial charge in [-0.25, -0.2) is 0 Å². The smallest absolute Gasteiger partial charge is 0.189 e. The third kappa shape index (κ3) is 4.67. The number of carbonyl (C=O) groups excluding carboxylic acids is 1. The number of ether oxygens (including phenoxy) is 2. The SMILES string of the molecule is CCOc1ccc(OCc2ccc(/C=C/C(=O)c3cnn(C)c3C)o2)cc1. The van der Waals surface area contributed by atoms with Gasteiger partial charge in [-0.15, -0.1) is 0 Å². The Balaban J connectivity index is 1.56. The molecule has 0 N–H and O–H groups in total. The number of ketones is 1. The van der Waals surface area contributed by atoms with Gasteiger partial charge >= 0.3 is 0 Å². The van der Waals surface area contributed by atoms with Crippen LogP contribution in [0.2, 0.25) is 0 Å². The summed E-state index contributed by atoms with van der Waals surface area (Å²) in [6, 6.07) is 11.1. The number of aryl methyl sites for hydroxylation is 1. The molecule has 0 unspecified atom stereocenters. The highest BCUT2D eigenvalue weighted by molar-refractivity contribution is 6.07. The fourth-order valence-electron chi connectivity index (χ4n) is 2.50. The van der Waals surface area contributed by atoms with Gasteiger partial charge in [0.15, 0.2) is 5.78 Å². The summed E-state index contributed by atoms with van der Waals surface area (Å²) < 4.78 is 18.5. The molecule has 0 bridgehead atoms. The standard InChI is InChI=1S/C21H22N2O4/c1-4-25-16-5-7-17(8-6-16)26-14-19-10-9-18(27-19)11-12-21(24)20-13-22-23(3)15(20)2/h5-13H,4,14H2,1-3H3/b12-11+. The first-order chi connectivity index (χ1) is 13.1. The lowest BCUT2D eigenvalue weighted by Gasteiger charge is -2.06. The molecule has 2 aromatic heterocycles. The summed E-state index contributed by atoms with van der Waals surface area (Å²) in [4.78, 5) is 12.2. The van der Waals surface area contributed by atoms with E-state index >= 15 is 0 Å². The first-order valence-electron chi connectivity index (χ1n) is 8.72. The lowest BCUT2D eigenvalue weighted by molar-refractivity contribution is 0.104. The minimum absolute atomic E-state index is 0.107. The van der Waals surface area contributed by atoms with Crippen molar-refractivity contribution in [3.8, 4) is 11.5 Å². The molecule has 0 aliphatic rings. The molecular formula is C21H22N2O4. The number of carbonyl (C=O) groups is 1. The monoisotopic (exact) mass is 366 g/mol. The van der Waals surface area contributed by atoms with Crippen LogP contribution in [-0.4, -0.2) is 22.2 Å². The second kappa shape index (κ2) is 8.40. The van der Waals surface area contributed by atoms with Gasteiger partial charge in [-0.2, -0.15) is 5.10 Å². The van der Waals surface area contributed by atoms with Crippen molar-refractivity contribution in [1.29, 1.82) is 0 Å². The Morgan fingerprint density at radius 2 is 1.85 bits per heavy atom. The first-order valence-corrected chi connectivity index (χ1v) is 8.72. The van der Waals surface area contributed by atoms with Gasteiger partial charge in [-0.1, -0.05) is 0 Å². The molecule has 140 valence electrons. The van der Waals surface area contributed by atoms with Gasteiger partial charge < -0.3 is 13.9 Å². The molecule has 0 saturated carbocycles. The van der Waals surface area contributed by atoms with Crippen LogP contribution in [0.4, 0.5) is 0 Å². The molecule has 0 fully saturated rings. The van der Waals surface area contributed by atoms with Gasteiger partial charge in [0.2, 0.25) is 0 Å². The van der Waals surface area contributed by atoms with E-state index in [0.717, 1.165) is 17.2 Å².